The zero-order valence-electron chi connectivity index (χ0n) is 17.9. The van der Waals surface area contributed by atoms with Gasteiger partial charge in [0.15, 0.2) is 0 Å². The highest BCUT2D eigenvalue weighted by molar-refractivity contribution is 7.90. The number of ether oxygens (including phenoxy) is 1. The highest BCUT2D eigenvalue weighted by Crippen LogP contribution is 2.26. The van der Waals surface area contributed by atoms with Crippen LogP contribution in [0.4, 0.5) is 10.5 Å². The molecule has 0 radical (unpaired) electrons. The van der Waals surface area contributed by atoms with Gasteiger partial charge in [-0.05, 0) is 49.7 Å². The van der Waals surface area contributed by atoms with Crippen LogP contribution in [-0.2, 0) is 14.8 Å². The van der Waals surface area contributed by atoms with Crippen LogP contribution in [0.2, 0.25) is 0 Å². The number of aromatic nitrogens is 2. The Labute approximate surface area is 187 Å². The largest absolute Gasteiger partial charge is 0.443 e. The molecule has 0 spiro atoms. The Morgan fingerprint density at radius 2 is 1.64 bits per heavy atom. The van der Waals surface area contributed by atoms with Gasteiger partial charge in [0.2, 0.25) is 0 Å². The molecule has 0 aliphatic heterocycles. The fourth-order valence-electron chi connectivity index (χ4n) is 3.42. The van der Waals surface area contributed by atoms with Crippen molar-refractivity contribution in [2.24, 2.45) is 0 Å². The first-order valence-electron chi connectivity index (χ1n) is 9.80. The Bertz CT molecular complexity index is 1610. The second kappa shape index (κ2) is 7.55. The monoisotopic (exact) mass is 469 g/mol. The number of imidazole rings is 1. The average Bonchev–Trinajstić information content (AvgIpc) is 3.03. The molecule has 4 rings (SSSR count). The summed E-state index contributed by atoms with van der Waals surface area (Å²) < 4.78 is 33.2. The number of nitro groups is 1. The Morgan fingerprint density at radius 1 is 0.970 bits per heavy atom. The van der Waals surface area contributed by atoms with E-state index < -0.39 is 38.0 Å². The topological polar surface area (TPSA) is 131 Å². The van der Waals surface area contributed by atoms with E-state index in [2.05, 4.69) is 0 Å². The zero-order chi connectivity index (χ0) is 24.1. The van der Waals surface area contributed by atoms with Crippen molar-refractivity contribution in [3.8, 4) is 0 Å². The number of hydrogen-bond donors (Lipinski definition) is 0. The first kappa shape index (κ1) is 22.2. The zero-order valence-corrected chi connectivity index (χ0v) is 18.7. The second-order valence-electron chi connectivity index (χ2n) is 8.31. The smallest absolute Gasteiger partial charge is 0.423 e. The van der Waals surface area contributed by atoms with Gasteiger partial charge >= 0.3 is 11.8 Å². The summed E-state index contributed by atoms with van der Waals surface area (Å²) in [7, 11) is -4.47. The van der Waals surface area contributed by atoms with Gasteiger partial charge in [-0.1, -0.05) is 30.3 Å². The SMILES string of the molecule is CC(C)(C)OC(=O)n1c(=O)n(S(=O)(=O)c2ccc3ccccc3c2)c2ccc([N+](=O)[O-])cc21. The Kier molecular flexibility index (Phi) is 5.08. The van der Waals surface area contributed by atoms with Crippen molar-refractivity contribution in [3.63, 3.8) is 0 Å². The lowest BCUT2D eigenvalue weighted by Gasteiger charge is -2.19. The minimum Gasteiger partial charge on any atom is -0.443 e. The van der Waals surface area contributed by atoms with E-state index in [1.165, 1.54) is 12.1 Å². The van der Waals surface area contributed by atoms with E-state index in [-0.39, 0.29) is 15.9 Å². The standard InChI is InChI=1S/C22H19N3O7S/c1-22(2,3)32-21(27)23-19-13-16(25(28)29)9-11-18(19)24(20(23)26)33(30,31)17-10-8-14-6-4-5-7-15(14)12-17/h4-13H,1-3H3. The molecule has 3 aromatic carbocycles. The lowest BCUT2D eigenvalue weighted by Crippen LogP contribution is -2.36. The number of fused-ring (bicyclic) bond motifs is 2. The summed E-state index contributed by atoms with van der Waals surface area (Å²) in [6.45, 7) is 4.72. The summed E-state index contributed by atoms with van der Waals surface area (Å²) in [5, 5.41) is 12.7. The van der Waals surface area contributed by atoms with E-state index in [1.54, 1.807) is 39.0 Å². The highest BCUT2D eigenvalue weighted by atomic mass is 32.2. The maximum Gasteiger partial charge on any atom is 0.423 e. The molecular weight excluding hydrogens is 450 g/mol. The fourth-order valence-corrected chi connectivity index (χ4v) is 4.85. The number of nitro benzene ring substituents is 1. The van der Waals surface area contributed by atoms with Gasteiger partial charge in [0.1, 0.15) is 5.60 Å². The van der Waals surface area contributed by atoms with E-state index in [0.29, 0.717) is 13.9 Å². The predicted octanol–water partition coefficient (Wildman–Crippen LogP) is 3.88. The summed E-state index contributed by atoms with van der Waals surface area (Å²) in [5.74, 6) is 0. The lowest BCUT2D eigenvalue weighted by atomic mass is 10.1. The maximum atomic E-state index is 13.5. The van der Waals surface area contributed by atoms with Crippen molar-refractivity contribution in [2.75, 3.05) is 0 Å². The number of hydrogen-bond acceptors (Lipinski definition) is 7. The molecule has 0 aliphatic carbocycles. The molecule has 10 nitrogen and oxygen atoms in total. The number of rotatable bonds is 3. The molecule has 11 heteroatoms. The first-order valence-corrected chi connectivity index (χ1v) is 11.2. The summed E-state index contributed by atoms with van der Waals surface area (Å²) in [4.78, 5) is 36.4. The van der Waals surface area contributed by atoms with Gasteiger partial charge in [0.25, 0.3) is 15.7 Å². The third kappa shape index (κ3) is 3.87. The van der Waals surface area contributed by atoms with Crippen LogP contribution >= 0.6 is 0 Å². The van der Waals surface area contributed by atoms with Crippen LogP contribution in [0.1, 0.15) is 20.8 Å². The molecule has 1 aromatic heterocycles. The fraction of sp³-hybridized carbons (Fsp3) is 0.182. The molecule has 0 N–H and O–H groups in total. The van der Waals surface area contributed by atoms with E-state index in [1.807, 2.05) is 12.1 Å². The van der Waals surface area contributed by atoms with Gasteiger partial charge in [0, 0.05) is 12.1 Å². The lowest BCUT2D eigenvalue weighted by molar-refractivity contribution is -0.384. The summed E-state index contributed by atoms with van der Waals surface area (Å²) in [6, 6.07) is 14.6. The van der Waals surface area contributed by atoms with Crippen molar-refractivity contribution in [3.05, 3.63) is 81.3 Å². The normalized spacial score (nSPS) is 12.2. The van der Waals surface area contributed by atoms with Crippen molar-refractivity contribution in [1.82, 2.24) is 8.54 Å². The van der Waals surface area contributed by atoms with E-state index in [0.717, 1.165) is 23.6 Å². The van der Waals surface area contributed by atoms with Gasteiger partial charge < -0.3 is 4.74 Å². The van der Waals surface area contributed by atoms with E-state index in [4.69, 9.17) is 4.74 Å². The summed E-state index contributed by atoms with van der Waals surface area (Å²) >= 11 is 0. The van der Waals surface area contributed by atoms with Crippen molar-refractivity contribution in [1.29, 1.82) is 0 Å². The van der Waals surface area contributed by atoms with Gasteiger partial charge in [-0.2, -0.15) is 8.54 Å². The van der Waals surface area contributed by atoms with Gasteiger partial charge in [-0.25, -0.2) is 18.0 Å². The minimum atomic E-state index is -4.47. The molecule has 0 bridgehead atoms. The molecule has 170 valence electrons. The quantitative estimate of drug-likeness (QED) is 0.329. The number of carbonyl (C=O) groups excluding carboxylic acids is 1. The molecule has 33 heavy (non-hydrogen) atoms. The van der Waals surface area contributed by atoms with Crippen LogP contribution < -0.4 is 5.69 Å². The molecule has 0 aliphatic rings. The number of non-ortho nitro benzene ring substituents is 1. The van der Waals surface area contributed by atoms with Crippen molar-refractivity contribution >= 4 is 43.6 Å². The first-order chi connectivity index (χ1) is 15.4. The van der Waals surface area contributed by atoms with Crippen molar-refractivity contribution in [2.45, 2.75) is 31.3 Å². The maximum absolute atomic E-state index is 13.5. The number of carbonyl (C=O) groups is 1. The van der Waals surface area contributed by atoms with Gasteiger partial charge in [-0.15, -0.1) is 0 Å². The molecule has 1 heterocycles. The molecule has 0 saturated carbocycles. The van der Waals surface area contributed by atoms with Crippen LogP contribution in [0, 0.1) is 10.1 Å². The molecule has 0 unspecified atom stereocenters. The molecule has 0 saturated heterocycles. The predicted molar refractivity (Wildman–Crippen MR) is 121 cm³/mol. The van der Waals surface area contributed by atoms with Crippen LogP contribution in [0.15, 0.2) is 70.4 Å². The average molecular weight is 469 g/mol. The molecule has 4 aromatic rings. The summed E-state index contributed by atoms with van der Waals surface area (Å²) in [5.41, 5.74) is -3.08. The van der Waals surface area contributed by atoms with Crippen molar-refractivity contribution < 1.29 is 22.9 Å². The van der Waals surface area contributed by atoms with Crippen LogP contribution in [-0.4, -0.2) is 33.6 Å². The van der Waals surface area contributed by atoms with Crippen LogP contribution in [0.25, 0.3) is 21.8 Å². The molecule has 0 fully saturated rings. The molecule has 0 amide bonds. The van der Waals surface area contributed by atoms with Gasteiger partial charge in [-0.3, -0.25) is 10.1 Å². The second-order valence-corrected chi connectivity index (χ2v) is 10.1. The van der Waals surface area contributed by atoms with Crippen LogP contribution in [0.5, 0.6) is 0 Å². The minimum absolute atomic E-state index is 0.176. The Balaban J connectivity index is 2.02. The Morgan fingerprint density at radius 3 is 2.27 bits per heavy atom. The molecule has 0 atom stereocenters. The van der Waals surface area contributed by atoms with E-state index in [9.17, 15) is 28.1 Å². The van der Waals surface area contributed by atoms with Gasteiger partial charge in [0.05, 0.1) is 20.9 Å². The number of nitrogens with zero attached hydrogens (tertiary/aromatic N) is 3. The summed E-state index contributed by atoms with van der Waals surface area (Å²) in [6.07, 6.45) is -1.15. The van der Waals surface area contributed by atoms with Crippen LogP contribution in [0.3, 0.4) is 0 Å². The number of benzene rings is 3. The molecular formula is C22H19N3O7S. The third-order valence-electron chi connectivity index (χ3n) is 4.83. The van der Waals surface area contributed by atoms with E-state index >= 15 is 0 Å². The third-order valence-corrected chi connectivity index (χ3v) is 6.51. The Hall–Kier alpha value is -3.99. The highest BCUT2D eigenvalue weighted by Gasteiger charge is 2.31.